The summed E-state index contributed by atoms with van der Waals surface area (Å²) in [5.74, 6) is 1.06. The molecule has 0 spiro atoms. The highest BCUT2D eigenvalue weighted by Gasteiger charge is 2.37. The summed E-state index contributed by atoms with van der Waals surface area (Å²) >= 11 is 0. The number of hydrogen-bond donors (Lipinski definition) is 1. The van der Waals surface area contributed by atoms with E-state index in [4.69, 9.17) is 4.74 Å². The van der Waals surface area contributed by atoms with Gasteiger partial charge < -0.3 is 10.1 Å². The lowest BCUT2D eigenvalue weighted by atomic mass is 9.88. The summed E-state index contributed by atoms with van der Waals surface area (Å²) in [6.45, 7) is 9.99. The van der Waals surface area contributed by atoms with Gasteiger partial charge in [-0.3, -0.25) is 4.90 Å². The minimum absolute atomic E-state index is 0.0763. The molecule has 0 aromatic heterocycles. The van der Waals surface area contributed by atoms with E-state index >= 15 is 0 Å². The number of nitrogens with zero attached hydrogens (tertiary/aromatic N) is 1. The molecule has 3 nitrogen and oxygen atoms in total. The molecule has 2 heterocycles. The highest BCUT2D eigenvalue weighted by molar-refractivity contribution is 5.38. The Balaban J connectivity index is 1.91. The fourth-order valence-corrected chi connectivity index (χ4v) is 3.33. The third-order valence-corrected chi connectivity index (χ3v) is 4.19. The van der Waals surface area contributed by atoms with Crippen molar-refractivity contribution in [2.75, 3.05) is 19.6 Å². The van der Waals surface area contributed by atoms with Crippen LogP contribution >= 0.6 is 0 Å². The molecule has 3 heteroatoms. The number of ether oxygens (including phenoxy) is 1. The van der Waals surface area contributed by atoms with Crippen LogP contribution in [0.15, 0.2) is 24.3 Å². The van der Waals surface area contributed by atoms with E-state index < -0.39 is 0 Å². The van der Waals surface area contributed by atoms with Crippen molar-refractivity contribution in [2.45, 2.75) is 44.9 Å². The first-order valence-corrected chi connectivity index (χ1v) is 7.30. The molecule has 1 fully saturated rings. The van der Waals surface area contributed by atoms with Crippen LogP contribution in [0, 0.1) is 0 Å². The molecule has 3 rings (SSSR count). The molecule has 19 heavy (non-hydrogen) atoms. The smallest absolute Gasteiger partial charge is 0.124 e. The number of rotatable bonds is 1. The lowest BCUT2D eigenvalue weighted by Gasteiger charge is -2.45. The van der Waals surface area contributed by atoms with Crippen molar-refractivity contribution in [3.05, 3.63) is 29.8 Å². The maximum atomic E-state index is 6.12. The molecule has 1 aromatic carbocycles. The van der Waals surface area contributed by atoms with Gasteiger partial charge in [-0.1, -0.05) is 18.2 Å². The SMILES string of the molecule is CC1CN(C2CC(C)(C)Oc3ccccc32)CCN1. The van der Waals surface area contributed by atoms with Crippen LogP contribution in [0.5, 0.6) is 5.75 Å². The van der Waals surface area contributed by atoms with Gasteiger partial charge in [0.05, 0.1) is 0 Å². The van der Waals surface area contributed by atoms with Crippen molar-refractivity contribution in [2.24, 2.45) is 0 Å². The van der Waals surface area contributed by atoms with E-state index in [1.807, 2.05) is 0 Å². The summed E-state index contributed by atoms with van der Waals surface area (Å²) in [5.41, 5.74) is 1.28. The average Bonchev–Trinajstić information content (AvgIpc) is 2.36. The average molecular weight is 260 g/mol. The highest BCUT2D eigenvalue weighted by Crippen LogP contribution is 2.42. The third-order valence-electron chi connectivity index (χ3n) is 4.19. The largest absolute Gasteiger partial charge is 0.487 e. The predicted molar refractivity (Wildman–Crippen MR) is 77.5 cm³/mol. The molecule has 1 saturated heterocycles. The Morgan fingerprint density at radius 1 is 1.32 bits per heavy atom. The standard InChI is InChI=1S/C16H24N2O/c1-12-11-18(9-8-17-12)14-10-16(2,3)19-15-7-5-4-6-13(14)15/h4-7,12,14,17H,8-11H2,1-3H3. The van der Waals surface area contributed by atoms with Gasteiger partial charge >= 0.3 is 0 Å². The quantitative estimate of drug-likeness (QED) is 0.840. The van der Waals surface area contributed by atoms with Gasteiger partial charge in [0.1, 0.15) is 11.4 Å². The Morgan fingerprint density at radius 2 is 2.11 bits per heavy atom. The monoisotopic (exact) mass is 260 g/mol. The summed E-state index contributed by atoms with van der Waals surface area (Å²) in [7, 11) is 0. The molecule has 1 aromatic rings. The van der Waals surface area contributed by atoms with Crippen molar-refractivity contribution in [1.29, 1.82) is 0 Å². The Labute approximate surface area is 115 Å². The maximum Gasteiger partial charge on any atom is 0.124 e. The molecule has 104 valence electrons. The molecule has 2 aliphatic heterocycles. The summed E-state index contributed by atoms with van der Waals surface area (Å²) in [5, 5.41) is 3.52. The van der Waals surface area contributed by atoms with E-state index in [2.05, 4.69) is 55.3 Å². The van der Waals surface area contributed by atoms with Gasteiger partial charge in [0.25, 0.3) is 0 Å². The minimum Gasteiger partial charge on any atom is -0.487 e. The van der Waals surface area contributed by atoms with E-state index in [-0.39, 0.29) is 5.60 Å². The minimum atomic E-state index is -0.0763. The number of fused-ring (bicyclic) bond motifs is 1. The van der Waals surface area contributed by atoms with Gasteiger partial charge in [-0.05, 0) is 26.8 Å². The van der Waals surface area contributed by atoms with Crippen LogP contribution in [0.3, 0.4) is 0 Å². The summed E-state index contributed by atoms with van der Waals surface area (Å²) in [6.07, 6.45) is 1.07. The van der Waals surface area contributed by atoms with Gasteiger partial charge in [-0.15, -0.1) is 0 Å². The van der Waals surface area contributed by atoms with Crippen LogP contribution in [0.2, 0.25) is 0 Å². The zero-order valence-electron chi connectivity index (χ0n) is 12.1. The molecule has 0 amide bonds. The molecule has 2 atom stereocenters. The number of para-hydroxylation sites is 1. The molecule has 0 radical (unpaired) electrons. The first-order chi connectivity index (χ1) is 9.05. The van der Waals surface area contributed by atoms with E-state index in [1.165, 1.54) is 5.56 Å². The second-order valence-electron chi connectivity index (χ2n) is 6.47. The van der Waals surface area contributed by atoms with Crippen molar-refractivity contribution >= 4 is 0 Å². The van der Waals surface area contributed by atoms with E-state index in [1.54, 1.807) is 0 Å². The Kier molecular flexibility index (Phi) is 3.27. The van der Waals surface area contributed by atoms with Gasteiger partial charge in [-0.25, -0.2) is 0 Å². The second-order valence-corrected chi connectivity index (χ2v) is 6.47. The van der Waals surface area contributed by atoms with Gasteiger partial charge in [-0.2, -0.15) is 0 Å². The van der Waals surface area contributed by atoms with Gasteiger partial charge in [0.2, 0.25) is 0 Å². The van der Waals surface area contributed by atoms with E-state index in [9.17, 15) is 0 Å². The second kappa shape index (κ2) is 4.80. The van der Waals surface area contributed by atoms with Crippen LogP contribution in [0.4, 0.5) is 0 Å². The molecule has 1 N–H and O–H groups in total. The van der Waals surface area contributed by atoms with Crippen molar-refractivity contribution in [3.8, 4) is 5.75 Å². The fraction of sp³-hybridized carbons (Fsp3) is 0.625. The zero-order valence-corrected chi connectivity index (χ0v) is 12.1. The molecule has 0 saturated carbocycles. The molecule has 2 aliphatic rings. The number of hydrogen-bond acceptors (Lipinski definition) is 3. The molecule has 0 aliphatic carbocycles. The van der Waals surface area contributed by atoms with Crippen LogP contribution in [-0.4, -0.2) is 36.2 Å². The van der Waals surface area contributed by atoms with Gasteiger partial charge in [0, 0.05) is 43.7 Å². The lowest BCUT2D eigenvalue weighted by Crippen LogP contribution is -2.52. The van der Waals surface area contributed by atoms with Crippen LogP contribution in [0.1, 0.15) is 38.8 Å². The predicted octanol–water partition coefficient (Wildman–Crippen LogP) is 2.58. The Morgan fingerprint density at radius 3 is 2.89 bits per heavy atom. The van der Waals surface area contributed by atoms with Crippen molar-refractivity contribution in [1.82, 2.24) is 10.2 Å². The maximum absolute atomic E-state index is 6.12. The summed E-state index contributed by atoms with van der Waals surface area (Å²) in [4.78, 5) is 2.62. The number of benzene rings is 1. The number of piperazine rings is 1. The summed E-state index contributed by atoms with van der Waals surface area (Å²) < 4.78 is 6.12. The van der Waals surface area contributed by atoms with Crippen LogP contribution < -0.4 is 10.1 Å². The first kappa shape index (κ1) is 12.9. The van der Waals surface area contributed by atoms with Gasteiger partial charge in [0.15, 0.2) is 0 Å². The van der Waals surface area contributed by atoms with E-state index in [0.717, 1.165) is 31.8 Å². The zero-order chi connectivity index (χ0) is 13.5. The topological polar surface area (TPSA) is 24.5 Å². The Hall–Kier alpha value is -1.06. The molecule has 0 bridgehead atoms. The lowest BCUT2D eigenvalue weighted by molar-refractivity contribution is 0.0213. The molecule has 2 unspecified atom stereocenters. The van der Waals surface area contributed by atoms with Crippen LogP contribution in [0.25, 0.3) is 0 Å². The van der Waals surface area contributed by atoms with Crippen molar-refractivity contribution in [3.63, 3.8) is 0 Å². The molecular weight excluding hydrogens is 236 g/mol. The summed E-state index contributed by atoms with van der Waals surface area (Å²) in [6, 6.07) is 9.59. The Bertz CT molecular complexity index is 458. The molecular formula is C16H24N2O. The van der Waals surface area contributed by atoms with Crippen LogP contribution in [-0.2, 0) is 0 Å². The van der Waals surface area contributed by atoms with E-state index in [0.29, 0.717) is 12.1 Å². The number of nitrogens with one attached hydrogen (secondary N) is 1. The first-order valence-electron chi connectivity index (χ1n) is 7.30. The fourth-order valence-electron chi connectivity index (χ4n) is 3.33. The van der Waals surface area contributed by atoms with Crippen molar-refractivity contribution < 1.29 is 4.74 Å². The normalized spacial score (nSPS) is 30.5. The highest BCUT2D eigenvalue weighted by atomic mass is 16.5. The third kappa shape index (κ3) is 2.63.